The summed E-state index contributed by atoms with van der Waals surface area (Å²) in [5, 5.41) is 15.3. The van der Waals surface area contributed by atoms with Gasteiger partial charge < -0.3 is 19.3 Å². The van der Waals surface area contributed by atoms with Gasteiger partial charge in [-0.3, -0.25) is 0 Å². The lowest BCUT2D eigenvalue weighted by Gasteiger charge is -2.46. The number of ether oxygens (including phenoxy) is 3. The molecule has 2 heterocycles. The van der Waals surface area contributed by atoms with Crippen molar-refractivity contribution in [1.29, 1.82) is 0 Å². The number of thioether (sulfide) groups is 1. The molecule has 0 radical (unpaired) electrons. The van der Waals surface area contributed by atoms with E-state index >= 15 is 0 Å². The molecule has 29 heavy (non-hydrogen) atoms. The fraction of sp³-hybridized carbons (Fsp3) is 0.368. The zero-order chi connectivity index (χ0) is 20.4. The summed E-state index contributed by atoms with van der Waals surface area (Å²) in [4.78, 5) is 3.66. The molecule has 2 fully saturated rings. The van der Waals surface area contributed by atoms with Gasteiger partial charge in [0.15, 0.2) is 6.29 Å². The molecule has 0 spiro atoms. The van der Waals surface area contributed by atoms with Crippen LogP contribution in [0.3, 0.4) is 0 Å². The minimum Gasteiger partial charge on any atom is -0.389 e. The summed E-state index contributed by atoms with van der Waals surface area (Å²) >= 11 is 11.0. The van der Waals surface area contributed by atoms with Crippen LogP contribution in [0, 0.1) is 0 Å². The van der Waals surface area contributed by atoms with Crippen molar-refractivity contribution in [3.05, 3.63) is 74.0 Å². The Hall–Kier alpha value is -1.29. The lowest BCUT2D eigenvalue weighted by atomic mass is 9.97. The summed E-state index contributed by atoms with van der Waals surface area (Å²) in [6.07, 6.45) is -2.82. The number of fused-ring (bicyclic) bond motifs is 1. The molecule has 2 aliphatic heterocycles. The molecule has 4 rings (SSSR count). The Morgan fingerprint density at radius 2 is 2.00 bits per heavy atom. The van der Waals surface area contributed by atoms with Crippen molar-refractivity contribution in [3.8, 4) is 0 Å². The maximum absolute atomic E-state index is 10.9. The highest BCUT2D eigenvalue weighted by Gasteiger charge is 2.49. The van der Waals surface area contributed by atoms with Crippen LogP contribution in [0.25, 0.3) is 10.4 Å². The predicted octanol–water partition coefficient (Wildman–Crippen LogP) is 5.07. The van der Waals surface area contributed by atoms with Gasteiger partial charge in [-0.1, -0.05) is 74.7 Å². The molecule has 10 heteroatoms. The van der Waals surface area contributed by atoms with E-state index in [4.69, 9.17) is 31.3 Å². The molecule has 2 aromatic rings. The topological polar surface area (TPSA) is 96.7 Å². The van der Waals surface area contributed by atoms with Gasteiger partial charge in [0.1, 0.15) is 23.7 Å². The number of hydrogen-bond acceptors (Lipinski definition) is 6. The van der Waals surface area contributed by atoms with E-state index in [1.807, 2.05) is 42.5 Å². The van der Waals surface area contributed by atoms with Crippen LogP contribution < -0.4 is 0 Å². The first-order valence-corrected chi connectivity index (χ1v) is 10.9. The smallest absolute Gasteiger partial charge is 0.184 e. The lowest BCUT2D eigenvalue weighted by Crippen LogP contribution is -2.60. The van der Waals surface area contributed by atoms with Crippen LogP contribution in [0.5, 0.6) is 0 Å². The summed E-state index contributed by atoms with van der Waals surface area (Å²) in [6.45, 7) is 0.248. The van der Waals surface area contributed by atoms with Crippen molar-refractivity contribution in [2.24, 2.45) is 5.11 Å². The second kappa shape index (κ2) is 9.24. The van der Waals surface area contributed by atoms with Gasteiger partial charge in [-0.15, -0.1) is 0 Å². The Labute approximate surface area is 185 Å². The molecule has 2 aromatic carbocycles. The second-order valence-corrected chi connectivity index (χ2v) is 9.06. The van der Waals surface area contributed by atoms with E-state index in [0.29, 0.717) is 5.02 Å². The maximum atomic E-state index is 10.9. The zero-order valence-corrected chi connectivity index (χ0v) is 18.1. The van der Waals surface area contributed by atoms with E-state index in [-0.39, 0.29) is 6.61 Å². The SMILES string of the molecule is [N-]=[N+]=NC1C(O)[C@@H](Sc2cc(Br)ccc2Cl)OC2COC(c3ccccc3)O[C@@H]21. The van der Waals surface area contributed by atoms with Gasteiger partial charge in [-0.05, 0) is 23.7 Å². The van der Waals surface area contributed by atoms with E-state index in [2.05, 4.69) is 26.0 Å². The average Bonchev–Trinajstić information content (AvgIpc) is 2.74. The Morgan fingerprint density at radius 1 is 1.21 bits per heavy atom. The molecule has 0 bridgehead atoms. The van der Waals surface area contributed by atoms with Crippen LogP contribution in [0.4, 0.5) is 0 Å². The van der Waals surface area contributed by atoms with Crippen molar-refractivity contribution in [1.82, 2.24) is 0 Å². The van der Waals surface area contributed by atoms with Crippen molar-refractivity contribution in [2.45, 2.75) is 41.0 Å². The molecular formula is C19H17BrClN3O4S. The van der Waals surface area contributed by atoms with Crippen molar-refractivity contribution >= 4 is 39.3 Å². The first kappa shape index (κ1) is 21.0. The molecule has 0 aromatic heterocycles. The van der Waals surface area contributed by atoms with E-state index in [1.54, 1.807) is 6.07 Å². The Morgan fingerprint density at radius 3 is 2.76 bits per heavy atom. The number of rotatable bonds is 4. The summed E-state index contributed by atoms with van der Waals surface area (Å²) in [5.41, 5.74) is 9.20. The van der Waals surface area contributed by atoms with Gasteiger partial charge in [-0.2, -0.15) is 0 Å². The van der Waals surface area contributed by atoms with Gasteiger partial charge in [0.2, 0.25) is 0 Å². The van der Waals surface area contributed by atoms with E-state index < -0.39 is 36.1 Å². The van der Waals surface area contributed by atoms with Gasteiger partial charge >= 0.3 is 0 Å². The third-order valence-electron chi connectivity index (χ3n) is 4.73. The number of aliphatic hydroxyl groups is 1. The molecule has 7 nitrogen and oxygen atoms in total. The number of aliphatic hydroxyl groups excluding tert-OH is 1. The quantitative estimate of drug-likeness (QED) is 0.360. The highest BCUT2D eigenvalue weighted by Crippen LogP contribution is 2.42. The molecule has 6 atom stereocenters. The summed E-state index contributed by atoms with van der Waals surface area (Å²) in [5.74, 6) is 0. The van der Waals surface area contributed by atoms with Crippen LogP contribution in [0.15, 0.2) is 63.0 Å². The minimum atomic E-state index is -1.08. The van der Waals surface area contributed by atoms with Gasteiger partial charge in [0, 0.05) is 19.8 Å². The van der Waals surface area contributed by atoms with Crippen molar-refractivity contribution in [2.75, 3.05) is 6.61 Å². The standard InChI is InChI=1S/C19H17BrClN3O4S/c20-11-6-7-12(21)14(8-11)29-19-16(25)15(23-24-22)17-13(27-19)9-26-18(28-17)10-4-2-1-3-5-10/h1-8,13,15-19,25H,9H2/t13?,15?,16?,17-,18?,19+/m0/s1. The molecule has 152 valence electrons. The number of nitrogens with zero attached hydrogens (tertiary/aromatic N) is 3. The monoisotopic (exact) mass is 497 g/mol. The maximum Gasteiger partial charge on any atom is 0.184 e. The molecule has 0 amide bonds. The van der Waals surface area contributed by atoms with Crippen molar-refractivity contribution < 1.29 is 19.3 Å². The molecular weight excluding hydrogens is 482 g/mol. The van der Waals surface area contributed by atoms with Crippen LogP contribution in [-0.2, 0) is 14.2 Å². The third kappa shape index (κ3) is 4.57. The number of hydrogen-bond donors (Lipinski definition) is 1. The molecule has 4 unspecified atom stereocenters. The Bertz CT molecular complexity index is 918. The van der Waals surface area contributed by atoms with Gasteiger partial charge in [-0.25, -0.2) is 0 Å². The fourth-order valence-corrected chi connectivity index (χ4v) is 5.23. The lowest BCUT2D eigenvalue weighted by molar-refractivity contribution is -0.297. The first-order valence-electron chi connectivity index (χ1n) is 8.88. The number of benzene rings is 2. The summed E-state index contributed by atoms with van der Waals surface area (Å²) in [6, 6.07) is 14.1. The number of azide groups is 1. The van der Waals surface area contributed by atoms with Crippen LogP contribution in [0.2, 0.25) is 5.02 Å². The first-order chi connectivity index (χ1) is 14.1. The molecule has 0 saturated carbocycles. The zero-order valence-electron chi connectivity index (χ0n) is 15.0. The van der Waals surface area contributed by atoms with E-state index in [0.717, 1.165) is 14.9 Å². The summed E-state index contributed by atoms with van der Waals surface area (Å²) in [7, 11) is 0. The van der Waals surface area contributed by atoms with Crippen LogP contribution in [0.1, 0.15) is 11.9 Å². The third-order valence-corrected chi connectivity index (χ3v) is 6.88. The second-order valence-electron chi connectivity index (χ2n) is 6.60. The van der Waals surface area contributed by atoms with Gasteiger partial charge in [0.05, 0.1) is 17.7 Å². The molecule has 1 N–H and O–H groups in total. The van der Waals surface area contributed by atoms with Crippen LogP contribution >= 0.6 is 39.3 Å². The van der Waals surface area contributed by atoms with Gasteiger partial charge in [0.25, 0.3) is 0 Å². The predicted molar refractivity (Wildman–Crippen MR) is 113 cm³/mol. The molecule has 2 aliphatic rings. The largest absolute Gasteiger partial charge is 0.389 e. The summed E-state index contributed by atoms with van der Waals surface area (Å²) < 4.78 is 18.8. The fourth-order valence-electron chi connectivity index (χ4n) is 3.34. The molecule has 2 saturated heterocycles. The highest BCUT2D eigenvalue weighted by atomic mass is 79.9. The van der Waals surface area contributed by atoms with E-state index in [1.165, 1.54) is 11.8 Å². The van der Waals surface area contributed by atoms with E-state index in [9.17, 15) is 5.11 Å². The molecule has 0 aliphatic carbocycles. The van der Waals surface area contributed by atoms with Crippen molar-refractivity contribution in [3.63, 3.8) is 0 Å². The van der Waals surface area contributed by atoms with Crippen LogP contribution in [-0.4, -0.2) is 41.5 Å². The minimum absolute atomic E-state index is 0.248. The Balaban J connectivity index is 1.56. The average molecular weight is 499 g/mol. The Kier molecular flexibility index (Phi) is 6.68. The number of halogens is 2. The normalized spacial score (nSPS) is 31.6. The highest BCUT2D eigenvalue weighted by molar-refractivity contribution is 9.10.